The number of ether oxygens (including phenoxy) is 2. The predicted molar refractivity (Wildman–Crippen MR) is 122 cm³/mol. The van der Waals surface area contributed by atoms with Gasteiger partial charge in [0.05, 0.1) is 12.7 Å². The Labute approximate surface area is 185 Å². The van der Waals surface area contributed by atoms with E-state index in [1.54, 1.807) is 18.4 Å². The molecule has 0 bridgehead atoms. The average Bonchev–Trinajstić information content (AvgIpc) is 3.16. The molecule has 3 aromatic rings. The Hall–Kier alpha value is -3.03. The molecule has 3 heterocycles. The normalized spacial score (nSPS) is 17.9. The molecular formula is C24H25N3O3S. The number of nitrogens with zero attached hydrogens (tertiary/aromatic N) is 1. The summed E-state index contributed by atoms with van der Waals surface area (Å²) >= 11 is 1.69. The van der Waals surface area contributed by atoms with Crippen LogP contribution in [0.4, 0.5) is 5.00 Å². The Morgan fingerprint density at radius 2 is 1.97 bits per heavy atom. The fourth-order valence-corrected chi connectivity index (χ4v) is 5.48. The van der Waals surface area contributed by atoms with Crippen molar-refractivity contribution in [1.29, 1.82) is 0 Å². The summed E-state index contributed by atoms with van der Waals surface area (Å²) in [5.74, 6) is 1.30. The number of likely N-dealkylation sites (N-methyl/N-ethyl adjacent to an activating group) is 1. The fourth-order valence-electron chi connectivity index (χ4n) is 4.13. The first-order chi connectivity index (χ1) is 15.1. The molecule has 0 radical (unpaired) electrons. The van der Waals surface area contributed by atoms with E-state index in [0.29, 0.717) is 18.1 Å². The Kier molecular flexibility index (Phi) is 5.29. The van der Waals surface area contributed by atoms with Crippen molar-refractivity contribution in [3.05, 3.63) is 75.7 Å². The van der Waals surface area contributed by atoms with Gasteiger partial charge in [-0.2, -0.15) is 0 Å². The molecule has 0 saturated heterocycles. The van der Waals surface area contributed by atoms with E-state index < -0.39 is 0 Å². The Balaban J connectivity index is 1.36. The molecule has 2 N–H and O–H groups in total. The second-order valence-electron chi connectivity index (χ2n) is 7.93. The van der Waals surface area contributed by atoms with Gasteiger partial charge >= 0.3 is 0 Å². The number of benzene rings is 2. The van der Waals surface area contributed by atoms with E-state index in [2.05, 4.69) is 22.6 Å². The Bertz CT molecular complexity index is 1110. The van der Waals surface area contributed by atoms with E-state index in [1.807, 2.05) is 48.5 Å². The van der Waals surface area contributed by atoms with Gasteiger partial charge in [0.1, 0.15) is 17.8 Å². The number of nitrogens with one attached hydrogen (secondary N) is 2. The lowest BCUT2D eigenvalue weighted by Crippen LogP contribution is -2.38. The van der Waals surface area contributed by atoms with Crippen LogP contribution in [0.15, 0.2) is 48.5 Å². The summed E-state index contributed by atoms with van der Waals surface area (Å²) in [7, 11) is 3.74. The van der Waals surface area contributed by atoms with Gasteiger partial charge in [-0.05, 0) is 42.3 Å². The lowest BCUT2D eigenvalue weighted by molar-refractivity contribution is 0.0934. The monoisotopic (exact) mass is 435 g/mol. The standard InChI is InChI=1S/C24H25N3O3S/c1-27-11-10-17-20(13-27)31-24-21(17)23(28)25-22(26-24)16-8-9-18(19(12-16)29-2)30-14-15-6-4-3-5-7-15/h3-9,12,22,26H,10-11,13-14H2,1-2H3,(H,25,28)/t22-/m1/s1. The average molecular weight is 436 g/mol. The molecule has 1 amide bonds. The van der Waals surface area contributed by atoms with Gasteiger partial charge < -0.3 is 25.0 Å². The van der Waals surface area contributed by atoms with Crippen molar-refractivity contribution in [1.82, 2.24) is 10.2 Å². The van der Waals surface area contributed by atoms with Crippen LogP contribution in [0.2, 0.25) is 0 Å². The molecule has 0 saturated carbocycles. The van der Waals surface area contributed by atoms with Gasteiger partial charge in [0.15, 0.2) is 11.5 Å². The molecule has 1 aromatic heterocycles. The quantitative estimate of drug-likeness (QED) is 0.630. The van der Waals surface area contributed by atoms with Crippen molar-refractivity contribution in [3.8, 4) is 11.5 Å². The van der Waals surface area contributed by atoms with Crippen molar-refractivity contribution < 1.29 is 14.3 Å². The summed E-state index contributed by atoms with van der Waals surface area (Å²) in [6.45, 7) is 2.34. The number of hydrogen-bond acceptors (Lipinski definition) is 6. The minimum atomic E-state index is -0.310. The zero-order valence-electron chi connectivity index (χ0n) is 17.6. The van der Waals surface area contributed by atoms with Crippen molar-refractivity contribution in [3.63, 3.8) is 0 Å². The van der Waals surface area contributed by atoms with Crippen molar-refractivity contribution >= 4 is 22.2 Å². The van der Waals surface area contributed by atoms with E-state index in [4.69, 9.17) is 9.47 Å². The van der Waals surface area contributed by atoms with Crippen molar-refractivity contribution in [2.75, 3.05) is 26.0 Å². The molecular weight excluding hydrogens is 410 g/mol. The third kappa shape index (κ3) is 3.86. The van der Waals surface area contributed by atoms with Crippen molar-refractivity contribution in [2.24, 2.45) is 0 Å². The van der Waals surface area contributed by atoms with E-state index in [0.717, 1.165) is 41.2 Å². The molecule has 0 spiro atoms. The molecule has 160 valence electrons. The molecule has 2 aromatic carbocycles. The molecule has 7 heteroatoms. The number of hydrogen-bond donors (Lipinski definition) is 2. The van der Waals surface area contributed by atoms with Crippen LogP contribution < -0.4 is 20.1 Å². The van der Waals surface area contributed by atoms with Crippen LogP contribution in [-0.2, 0) is 19.6 Å². The third-order valence-electron chi connectivity index (χ3n) is 5.78. The number of rotatable bonds is 5. The summed E-state index contributed by atoms with van der Waals surface area (Å²) in [5.41, 5.74) is 4.03. The van der Waals surface area contributed by atoms with Gasteiger partial charge in [0.25, 0.3) is 5.91 Å². The van der Waals surface area contributed by atoms with E-state index in [9.17, 15) is 4.79 Å². The van der Waals surface area contributed by atoms with Crippen molar-refractivity contribution in [2.45, 2.75) is 25.7 Å². The van der Waals surface area contributed by atoms with Gasteiger partial charge in [-0.3, -0.25) is 4.79 Å². The number of amides is 1. The van der Waals surface area contributed by atoms with Gasteiger partial charge in [0.2, 0.25) is 0 Å². The van der Waals surface area contributed by atoms with Crippen LogP contribution in [0.3, 0.4) is 0 Å². The minimum Gasteiger partial charge on any atom is -0.493 e. The lowest BCUT2D eigenvalue weighted by Gasteiger charge is -2.27. The number of methoxy groups -OCH3 is 1. The second kappa shape index (κ2) is 8.24. The van der Waals surface area contributed by atoms with Gasteiger partial charge in [0, 0.05) is 18.0 Å². The topological polar surface area (TPSA) is 62.8 Å². The molecule has 1 atom stereocenters. The molecule has 0 fully saturated rings. The Morgan fingerprint density at radius 3 is 2.77 bits per heavy atom. The fraction of sp³-hybridized carbons (Fsp3) is 0.292. The maximum absolute atomic E-state index is 13.0. The van der Waals surface area contributed by atoms with Crippen LogP contribution >= 0.6 is 11.3 Å². The molecule has 31 heavy (non-hydrogen) atoms. The summed E-state index contributed by atoms with van der Waals surface area (Å²) < 4.78 is 11.5. The third-order valence-corrected chi connectivity index (χ3v) is 6.93. The second-order valence-corrected chi connectivity index (χ2v) is 9.04. The van der Waals surface area contributed by atoms with Crippen LogP contribution in [0.5, 0.6) is 11.5 Å². The highest BCUT2D eigenvalue weighted by molar-refractivity contribution is 7.16. The van der Waals surface area contributed by atoms with E-state index in [-0.39, 0.29) is 12.1 Å². The first-order valence-corrected chi connectivity index (χ1v) is 11.2. The van der Waals surface area contributed by atoms with Crippen LogP contribution in [0.25, 0.3) is 0 Å². The SMILES string of the molecule is COc1cc([C@@H]2NC(=O)c3c(sc4c3CCN(C)C4)N2)ccc1OCc1ccccc1. The van der Waals surface area contributed by atoms with Gasteiger partial charge in [-0.25, -0.2) is 0 Å². The number of carbonyl (C=O) groups is 1. The number of fused-ring (bicyclic) bond motifs is 3. The highest BCUT2D eigenvalue weighted by atomic mass is 32.1. The van der Waals surface area contributed by atoms with E-state index in [1.165, 1.54) is 10.4 Å². The highest BCUT2D eigenvalue weighted by Crippen LogP contribution is 2.41. The molecule has 6 nitrogen and oxygen atoms in total. The molecule has 0 aliphatic carbocycles. The highest BCUT2D eigenvalue weighted by Gasteiger charge is 2.33. The smallest absolute Gasteiger partial charge is 0.256 e. The zero-order chi connectivity index (χ0) is 21.4. The minimum absolute atomic E-state index is 0.0100. The first kappa shape index (κ1) is 19.9. The largest absolute Gasteiger partial charge is 0.493 e. The first-order valence-electron chi connectivity index (χ1n) is 10.4. The van der Waals surface area contributed by atoms with Gasteiger partial charge in [-0.15, -0.1) is 11.3 Å². The van der Waals surface area contributed by atoms with Crippen LogP contribution in [0.1, 0.15) is 38.1 Å². The molecule has 5 rings (SSSR count). The maximum Gasteiger partial charge on any atom is 0.256 e. The molecule has 2 aliphatic rings. The number of thiophene rings is 1. The maximum atomic E-state index is 13.0. The summed E-state index contributed by atoms with van der Waals surface area (Å²) in [4.78, 5) is 16.5. The summed E-state index contributed by atoms with van der Waals surface area (Å²) in [6.07, 6.45) is 0.605. The number of carbonyl (C=O) groups excluding carboxylic acids is 1. The summed E-state index contributed by atoms with van der Waals surface area (Å²) in [5, 5.41) is 7.58. The van der Waals surface area contributed by atoms with E-state index >= 15 is 0 Å². The molecule has 0 unspecified atom stereocenters. The van der Waals surface area contributed by atoms with Gasteiger partial charge in [-0.1, -0.05) is 36.4 Å². The number of anilines is 1. The lowest BCUT2D eigenvalue weighted by atomic mass is 10.0. The zero-order valence-corrected chi connectivity index (χ0v) is 18.4. The Morgan fingerprint density at radius 1 is 1.13 bits per heavy atom. The van der Waals surface area contributed by atoms with Crippen LogP contribution in [0, 0.1) is 0 Å². The predicted octanol–water partition coefficient (Wildman–Crippen LogP) is 4.18. The van der Waals surface area contributed by atoms with Crippen LogP contribution in [-0.4, -0.2) is 31.5 Å². The molecule has 2 aliphatic heterocycles. The summed E-state index contributed by atoms with van der Waals surface area (Å²) in [6, 6.07) is 15.8.